The van der Waals surface area contributed by atoms with Crippen LogP contribution in [0.25, 0.3) is 21.4 Å². The SMILES string of the molecule is O=C(O)Cc1csc2cc(OCc3cc(-c4ccc(C(F)(F)F)cc4)on3)ccc12. The molecule has 4 rings (SSSR count). The molecular weight excluding hydrogens is 419 g/mol. The summed E-state index contributed by atoms with van der Waals surface area (Å²) in [5, 5.41) is 15.5. The predicted molar refractivity (Wildman–Crippen MR) is 104 cm³/mol. The fourth-order valence-electron chi connectivity index (χ4n) is 2.95. The summed E-state index contributed by atoms with van der Waals surface area (Å²) in [6.07, 6.45) is -4.43. The van der Waals surface area contributed by atoms with Crippen LogP contribution >= 0.6 is 11.3 Å². The first-order chi connectivity index (χ1) is 14.3. The quantitative estimate of drug-likeness (QED) is 0.417. The number of halogens is 3. The van der Waals surface area contributed by atoms with Gasteiger partial charge in [0.25, 0.3) is 0 Å². The van der Waals surface area contributed by atoms with Gasteiger partial charge in [-0.05, 0) is 46.7 Å². The lowest BCUT2D eigenvalue weighted by Crippen LogP contribution is -2.03. The van der Waals surface area contributed by atoms with Gasteiger partial charge in [-0.15, -0.1) is 11.3 Å². The van der Waals surface area contributed by atoms with Gasteiger partial charge in [-0.25, -0.2) is 0 Å². The van der Waals surface area contributed by atoms with Gasteiger partial charge < -0.3 is 14.4 Å². The fourth-order valence-corrected chi connectivity index (χ4v) is 3.94. The van der Waals surface area contributed by atoms with Gasteiger partial charge in [0, 0.05) is 16.3 Å². The molecule has 0 aliphatic rings. The molecule has 0 radical (unpaired) electrons. The fraction of sp³-hybridized carbons (Fsp3) is 0.143. The zero-order valence-electron chi connectivity index (χ0n) is 15.3. The number of aliphatic carboxylic acids is 1. The number of fused-ring (bicyclic) bond motifs is 1. The van der Waals surface area contributed by atoms with Crippen molar-refractivity contribution in [2.45, 2.75) is 19.2 Å². The molecule has 0 fully saturated rings. The molecule has 2 aromatic carbocycles. The summed E-state index contributed by atoms with van der Waals surface area (Å²) in [4.78, 5) is 10.9. The molecule has 30 heavy (non-hydrogen) atoms. The largest absolute Gasteiger partial charge is 0.487 e. The molecule has 9 heteroatoms. The van der Waals surface area contributed by atoms with E-state index in [1.807, 2.05) is 17.5 Å². The Morgan fingerprint density at radius 1 is 1.13 bits per heavy atom. The van der Waals surface area contributed by atoms with Crippen molar-refractivity contribution in [3.63, 3.8) is 0 Å². The normalized spacial score (nSPS) is 11.7. The van der Waals surface area contributed by atoms with Crippen molar-refractivity contribution >= 4 is 27.4 Å². The highest BCUT2D eigenvalue weighted by Gasteiger charge is 2.30. The number of benzene rings is 2. The van der Waals surface area contributed by atoms with Crippen molar-refractivity contribution in [1.29, 1.82) is 0 Å². The van der Waals surface area contributed by atoms with E-state index >= 15 is 0 Å². The molecule has 0 aliphatic heterocycles. The van der Waals surface area contributed by atoms with Gasteiger partial charge in [0.2, 0.25) is 0 Å². The summed E-state index contributed by atoms with van der Waals surface area (Å²) in [5.41, 5.74) is 0.993. The molecule has 0 aliphatic carbocycles. The van der Waals surface area contributed by atoms with Crippen LogP contribution in [0.2, 0.25) is 0 Å². The van der Waals surface area contributed by atoms with Gasteiger partial charge in [0.1, 0.15) is 18.1 Å². The molecule has 1 N–H and O–H groups in total. The highest BCUT2D eigenvalue weighted by molar-refractivity contribution is 7.17. The van der Waals surface area contributed by atoms with Gasteiger partial charge >= 0.3 is 12.1 Å². The van der Waals surface area contributed by atoms with Crippen LogP contribution in [0, 0.1) is 0 Å². The number of aromatic nitrogens is 1. The van der Waals surface area contributed by atoms with Crippen molar-refractivity contribution in [3.8, 4) is 17.1 Å². The van der Waals surface area contributed by atoms with Crippen LogP contribution in [0.15, 0.2) is 58.4 Å². The average molecular weight is 433 g/mol. The molecule has 154 valence electrons. The minimum absolute atomic E-state index is 0.0358. The molecule has 0 spiro atoms. The summed E-state index contributed by atoms with van der Waals surface area (Å²) in [5.74, 6) is 0.0459. The van der Waals surface area contributed by atoms with Gasteiger partial charge in [0.05, 0.1) is 12.0 Å². The topological polar surface area (TPSA) is 72.6 Å². The van der Waals surface area contributed by atoms with Crippen LogP contribution in [0.3, 0.4) is 0 Å². The second-order valence-corrected chi connectivity index (χ2v) is 7.45. The highest BCUT2D eigenvalue weighted by Crippen LogP contribution is 2.32. The smallest absolute Gasteiger partial charge is 0.416 e. The molecule has 0 atom stereocenters. The summed E-state index contributed by atoms with van der Waals surface area (Å²) in [7, 11) is 0. The number of nitrogens with zero attached hydrogens (tertiary/aromatic N) is 1. The number of hydrogen-bond acceptors (Lipinski definition) is 5. The van der Waals surface area contributed by atoms with Crippen molar-refractivity contribution in [3.05, 3.63) is 70.7 Å². The predicted octanol–water partition coefficient (Wildman–Crippen LogP) is 5.78. The molecule has 0 saturated heterocycles. The first-order valence-corrected chi connectivity index (χ1v) is 9.65. The van der Waals surface area contributed by atoms with Gasteiger partial charge in [-0.2, -0.15) is 13.2 Å². The standard InChI is InChI=1S/C21H14F3NO4S/c22-21(23,24)14-3-1-12(2-4-14)18-8-15(25-29-18)10-28-16-5-6-17-13(7-20(26)27)11-30-19(17)9-16/h1-6,8-9,11H,7,10H2,(H,26,27). The van der Waals surface area contributed by atoms with E-state index in [0.717, 1.165) is 27.8 Å². The van der Waals surface area contributed by atoms with Crippen LogP contribution in [-0.2, 0) is 24.0 Å². The number of ether oxygens (including phenoxy) is 1. The van der Waals surface area contributed by atoms with E-state index in [1.54, 1.807) is 12.1 Å². The molecular formula is C21H14F3NO4S. The van der Waals surface area contributed by atoms with Gasteiger partial charge in [-0.1, -0.05) is 17.3 Å². The third kappa shape index (κ3) is 4.30. The van der Waals surface area contributed by atoms with Crippen LogP contribution in [0.4, 0.5) is 13.2 Å². The molecule has 0 bridgehead atoms. The highest BCUT2D eigenvalue weighted by atomic mass is 32.1. The third-order valence-corrected chi connectivity index (χ3v) is 5.41. The van der Waals surface area contributed by atoms with Crippen molar-refractivity contribution in [1.82, 2.24) is 5.16 Å². The van der Waals surface area contributed by atoms with E-state index < -0.39 is 17.7 Å². The monoisotopic (exact) mass is 433 g/mol. The number of thiophene rings is 1. The minimum atomic E-state index is -4.39. The molecule has 0 unspecified atom stereocenters. The molecule has 4 aromatic rings. The lowest BCUT2D eigenvalue weighted by Gasteiger charge is -2.06. The van der Waals surface area contributed by atoms with Crippen molar-refractivity contribution in [2.24, 2.45) is 0 Å². The lowest BCUT2D eigenvalue weighted by atomic mass is 10.1. The number of rotatable bonds is 6. The van der Waals surface area contributed by atoms with Gasteiger partial charge in [0.15, 0.2) is 5.76 Å². The Kier molecular flexibility index (Phi) is 5.21. The zero-order chi connectivity index (χ0) is 21.3. The Hall–Kier alpha value is -3.33. The minimum Gasteiger partial charge on any atom is -0.487 e. The number of carboxylic acids is 1. The Morgan fingerprint density at radius 2 is 1.90 bits per heavy atom. The van der Waals surface area contributed by atoms with Gasteiger partial charge in [-0.3, -0.25) is 4.79 Å². The maximum absolute atomic E-state index is 12.7. The van der Waals surface area contributed by atoms with E-state index in [-0.39, 0.29) is 13.0 Å². The van der Waals surface area contributed by atoms with E-state index in [0.29, 0.717) is 22.8 Å². The Morgan fingerprint density at radius 3 is 2.60 bits per heavy atom. The van der Waals surface area contributed by atoms with E-state index in [1.165, 1.54) is 23.5 Å². The Balaban J connectivity index is 1.43. The summed E-state index contributed by atoms with van der Waals surface area (Å²) in [6, 6.07) is 11.6. The van der Waals surface area contributed by atoms with Crippen LogP contribution in [-0.4, -0.2) is 16.2 Å². The Bertz CT molecular complexity index is 1200. The second-order valence-electron chi connectivity index (χ2n) is 6.54. The summed E-state index contributed by atoms with van der Waals surface area (Å²) in [6.45, 7) is 0.114. The molecule has 0 amide bonds. The molecule has 5 nitrogen and oxygen atoms in total. The number of hydrogen-bond donors (Lipinski definition) is 1. The first kappa shape index (κ1) is 20.0. The lowest BCUT2D eigenvalue weighted by molar-refractivity contribution is -0.138. The zero-order valence-corrected chi connectivity index (χ0v) is 16.1. The van der Waals surface area contributed by atoms with Crippen molar-refractivity contribution in [2.75, 3.05) is 0 Å². The maximum atomic E-state index is 12.7. The average Bonchev–Trinajstić information content (AvgIpc) is 3.33. The van der Waals surface area contributed by atoms with E-state index in [9.17, 15) is 18.0 Å². The first-order valence-electron chi connectivity index (χ1n) is 8.77. The molecule has 0 saturated carbocycles. The molecule has 2 aromatic heterocycles. The van der Waals surface area contributed by atoms with Crippen LogP contribution in [0.5, 0.6) is 5.75 Å². The number of alkyl halides is 3. The van der Waals surface area contributed by atoms with E-state index in [4.69, 9.17) is 14.4 Å². The van der Waals surface area contributed by atoms with Crippen LogP contribution < -0.4 is 4.74 Å². The number of carbonyl (C=O) groups is 1. The number of carboxylic acid groups (broad SMARTS) is 1. The summed E-state index contributed by atoms with van der Waals surface area (Å²) >= 11 is 1.44. The summed E-state index contributed by atoms with van der Waals surface area (Å²) < 4.78 is 49.8. The van der Waals surface area contributed by atoms with Crippen LogP contribution in [0.1, 0.15) is 16.8 Å². The molecule has 2 heterocycles. The Labute approximate surface area is 172 Å². The third-order valence-electron chi connectivity index (χ3n) is 4.41. The second kappa shape index (κ2) is 7.83. The maximum Gasteiger partial charge on any atom is 0.416 e. The van der Waals surface area contributed by atoms with Crippen molar-refractivity contribution < 1.29 is 32.3 Å². The van der Waals surface area contributed by atoms with E-state index in [2.05, 4.69) is 5.16 Å².